The Balaban J connectivity index is 2.56. The van der Waals surface area contributed by atoms with E-state index in [4.69, 9.17) is 24.4 Å². The number of hydrazone groups is 2. The van der Waals surface area contributed by atoms with E-state index >= 15 is 0 Å². The summed E-state index contributed by atoms with van der Waals surface area (Å²) < 4.78 is 0. The zero-order valence-electron chi connectivity index (χ0n) is 14.9. The van der Waals surface area contributed by atoms with Crippen LogP contribution in [-0.4, -0.2) is 40.9 Å². The van der Waals surface area contributed by atoms with Crippen molar-refractivity contribution < 1.29 is 5.11 Å². The molecule has 2 aromatic carbocycles. The minimum atomic E-state index is 0.157. The Morgan fingerprint density at radius 1 is 0.741 bits per heavy atom. The molecule has 140 valence electrons. The maximum atomic E-state index is 9.60. The van der Waals surface area contributed by atoms with E-state index in [1.165, 1.54) is 0 Å². The first-order valence-corrected chi connectivity index (χ1v) is 8.82. The Bertz CT molecular complexity index is 850. The molecule has 0 bridgehead atoms. The number of hydrogen-bond donors (Lipinski definition) is 5. The number of aromatic hydroxyl groups is 1. The van der Waals surface area contributed by atoms with Crippen LogP contribution in [0.3, 0.4) is 0 Å². The molecule has 0 spiro atoms. The van der Waals surface area contributed by atoms with Crippen molar-refractivity contribution in [3.8, 4) is 5.75 Å². The van der Waals surface area contributed by atoms with Gasteiger partial charge in [0.1, 0.15) is 17.2 Å². The predicted octanol–water partition coefficient (Wildman–Crippen LogP) is 1.69. The normalized spacial score (nSPS) is 11.5. The monoisotopic (exact) mass is 400 g/mol. The Hall–Kier alpha value is -3.04. The average molecular weight is 401 g/mol. The minimum absolute atomic E-state index is 0.157. The van der Waals surface area contributed by atoms with Gasteiger partial charge in [-0.1, -0.05) is 30.3 Å². The van der Waals surface area contributed by atoms with Crippen molar-refractivity contribution in [1.29, 1.82) is 0 Å². The molecule has 7 nitrogen and oxygen atoms in total. The maximum absolute atomic E-state index is 9.60. The molecule has 2 rings (SSSR count). The molecule has 0 aliphatic heterocycles. The molecule has 0 heterocycles. The van der Waals surface area contributed by atoms with Crippen LogP contribution in [0.25, 0.3) is 0 Å². The molecule has 0 unspecified atom stereocenters. The molecule has 5 N–H and O–H groups in total. The number of phenols is 1. The van der Waals surface area contributed by atoms with Crippen LogP contribution in [0.4, 0.5) is 0 Å². The van der Waals surface area contributed by atoms with Gasteiger partial charge in [0.05, 0.1) is 0 Å². The Morgan fingerprint density at radius 2 is 1.19 bits per heavy atom. The van der Waals surface area contributed by atoms with Gasteiger partial charge in [0.25, 0.3) is 0 Å². The lowest BCUT2D eigenvalue weighted by molar-refractivity contribution is 0.475. The van der Waals surface area contributed by atoms with E-state index in [1.807, 2.05) is 30.3 Å². The van der Waals surface area contributed by atoms with Crippen molar-refractivity contribution in [2.75, 3.05) is 14.1 Å². The van der Waals surface area contributed by atoms with Crippen molar-refractivity contribution in [1.82, 2.24) is 21.5 Å². The molecule has 0 saturated heterocycles. The van der Waals surface area contributed by atoms with Crippen LogP contribution in [0.15, 0.2) is 64.8 Å². The summed E-state index contributed by atoms with van der Waals surface area (Å²) in [5, 5.41) is 24.8. The fourth-order valence-electron chi connectivity index (χ4n) is 2.05. The molecular weight excluding hydrogens is 380 g/mol. The van der Waals surface area contributed by atoms with Crippen LogP contribution < -0.4 is 21.5 Å². The Labute approximate surface area is 168 Å². The highest BCUT2D eigenvalue weighted by Gasteiger charge is 2.16. The molecule has 0 fully saturated rings. The van der Waals surface area contributed by atoms with Crippen LogP contribution in [-0.2, 0) is 0 Å². The third-order valence-corrected chi connectivity index (χ3v) is 4.00. The molecule has 0 saturated carbocycles. The highest BCUT2D eigenvalue weighted by Crippen LogP contribution is 2.14. The SMILES string of the molecule is CNC(=S)N/N=C(/C(=N/NC(=S)NC)c1ccc(O)cc1)c1ccccc1. The molecule has 0 aromatic heterocycles. The Kier molecular flexibility index (Phi) is 7.65. The van der Waals surface area contributed by atoms with Crippen LogP contribution in [0, 0.1) is 0 Å². The topological polar surface area (TPSA) is 93.1 Å². The zero-order valence-corrected chi connectivity index (χ0v) is 16.5. The third-order valence-electron chi connectivity index (χ3n) is 3.40. The van der Waals surface area contributed by atoms with Crippen LogP contribution in [0.5, 0.6) is 5.75 Å². The fraction of sp³-hybridized carbons (Fsp3) is 0.111. The zero-order chi connectivity index (χ0) is 19.6. The molecule has 27 heavy (non-hydrogen) atoms. The van der Waals surface area contributed by atoms with Gasteiger partial charge < -0.3 is 15.7 Å². The molecule has 0 aliphatic carbocycles. The number of nitrogens with one attached hydrogen (secondary N) is 4. The van der Waals surface area contributed by atoms with E-state index in [9.17, 15) is 5.11 Å². The van der Waals surface area contributed by atoms with Gasteiger partial charge in [0.2, 0.25) is 0 Å². The smallest absolute Gasteiger partial charge is 0.186 e. The quantitative estimate of drug-likeness (QED) is 0.296. The van der Waals surface area contributed by atoms with Crippen LogP contribution in [0.2, 0.25) is 0 Å². The third kappa shape index (κ3) is 6.01. The van der Waals surface area contributed by atoms with E-state index in [1.54, 1.807) is 38.4 Å². The van der Waals surface area contributed by atoms with Gasteiger partial charge in [-0.25, -0.2) is 0 Å². The van der Waals surface area contributed by atoms with Gasteiger partial charge in [-0.05, 0) is 48.7 Å². The number of nitrogens with zero attached hydrogens (tertiary/aromatic N) is 2. The fourth-order valence-corrected chi connectivity index (χ4v) is 2.14. The molecule has 9 heteroatoms. The number of hydrogen-bond acceptors (Lipinski definition) is 5. The summed E-state index contributed by atoms with van der Waals surface area (Å²) in [5.41, 5.74) is 8.21. The molecule has 0 radical (unpaired) electrons. The van der Waals surface area contributed by atoms with Gasteiger partial charge >= 0.3 is 0 Å². The van der Waals surface area contributed by atoms with Crippen molar-refractivity contribution in [3.63, 3.8) is 0 Å². The lowest BCUT2D eigenvalue weighted by Crippen LogP contribution is -2.33. The molecule has 2 aromatic rings. The van der Waals surface area contributed by atoms with E-state index < -0.39 is 0 Å². The van der Waals surface area contributed by atoms with Crippen molar-refractivity contribution in [3.05, 3.63) is 65.7 Å². The first-order chi connectivity index (χ1) is 13.0. The second-order valence-electron chi connectivity index (χ2n) is 5.22. The average Bonchev–Trinajstić information content (AvgIpc) is 2.71. The lowest BCUT2D eigenvalue weighted by Gasteiger charge is -2.13. The summed E-state index contributed by atoms with van der Waals surface area (Å²) in [6.45, 7) is 0. The highest BCUT2D eigenvalue weighted by molar-refractivity contribution is 7.80. The molecule has 0 aliphatic rings. The predicted molar refractivity (Wildman–Crippen MR) is 117 cm³/mol. The van der Waals surface area contributed by atoms with Gasteiger partial charge in [-0.3, -0.25) is 10.9 Å². The second kappa shape index (κ2) is 10.2. The minimum Gasteiger partial charge on any atom is -0.508 e. The van der Waals surface area contributed by atoms with Crippen LogP contribution in [0.1, 0.15) is 11.1 Å². The maximum Gasteiger partial charge on any atom is 0.186 e. The van der Waals surface area contributed by atoms with Crippen LogP contribution >= 0.6 is 24.4 Å². The van der Waals surface area contributed by atoms with Crippen molar-refractivity contribution >= 4 is 46.1 Å². The van der Waals surface area contributed by atoms with E-state index in [0.29, 0.717) is 21.6 Å². The summed E-state index contributed by atoms with van der Waals surface area (Å²) in [5.74, 6) is 0.157. The van der Waals surface area contributed by atoms with Gasteiger partial charge in [0, 0.05) is 25.2 Å². The van der Waals surface area contributed by atoms with E-state index in [-0.39, 0.29) is 5.75 Å². The van der Waals surface area contributed by atoms with E-state index in [2.05, 4.69) is 31.7 Å². The summed E-state index contributed by atoms with van der Waals surface area (Å²) in [4.78, 5) is 0. The summed E-state index contributed by atoms with van der Waals surface area (Å²) in [6.07, 6.45) is 0. The summed E-state index contributed by atoms with van der Waals surface area (Å²) in [6, 6.07) is 16.2. The van der Waals surface area contributed by atoms with Crippen molar-refractivity contribution in [2.45, 2.75) is 0 Å². The number of benzene rings is 2. The Morgan fingerprint density at radius 3 is 1.63 bits per heavy atom. The molecule has 0 amide bonds. The first kappa shape index (κ1) is 20.3. The number of phenolic OH excluding ortho intramolecular Hbond substituents is 1. The van der Waals surface area contributed by atoms with Crippen molar-refractivity contribution in [2.24, 2.45) is 10.2 Å². The summed E-state index contributed by atoms with van der Waals surface area (Å²) in [7, 11) is 3.40. The molecular formula is C18H20N6OS2. The number of rotatable bonds is 5. The lowest BCUT2D eigenvalue weighted by atomic mass is 10.00. The largest absolute Gasteiger partial charge is 0.508 e. The van der Waals surface area contributed by atoms with Gasteiger partial charge in [-0.2, -0.15) is 10.2 Å². The van der Waals surface area contributed by atoms with Gasteiger partial charge in [-0.15, -0.1) is 0 Å². The van der Waals surface area contributed by atoms with Gasteiger partial charge in [0.15, 0.2) is 10.2 Å². The molecule has 0 atom stereocenters. The second-order valence-corrected chi connectivity index (χ2v) is 6.03. The van der Waals surface area contributed by atoms with E-state index in [0.717, 1.165) is 11.1 Å². The first-order valence-electron chi connectivity index (χ1n) is 8.01. The summed E-state index contributed by atoms with van der Waals surface area (Å²) >= 11 is 10.2. The standard InChI is InChI=1S/C18H20N6OS2/c1-19-17(26)23-21-15(12-6-4-3-5-7-12)16(22-24-18(27)20-2)13-8-10-14(25)11-9-13/h3-11,25H,1-2H3,(H2,19,23,26)(H2,20,24,27)/b21-15+,22-16+. The number of thiocarbonyl (C=S) groups is 2. The highest BCUT2D eigenvalue weighted by atomic mass is 32.1.